The minimum absolute atomic E-state index is 0.100. The number of nitrogens with zero attached hydrogens (tertiary/aromatic N) is 1. The van der Waals surface area contributed by atoms with Gasteiger partial charge in [-0.15, -0.1) is 0 Å². The largest absolute Gasteiger partial charge is 0.365 e. The average Bonchev–Trinajstić information content (AvgIpc) is 2.84. The molecule has 0 amide bonds. The first-order valence-electron chi connectivity index (χ1n) is 10.3. The first kappa shape index (κ1) is 16.5. The maximum atomic E-state index is 6.93. The summed E-state index contributed by atoms with van der Waals surface area (Å²) in [6.07, 6.45) is 7.89. The summed E-state index contributed by atoms with van der Waals surface area (Å²) in [6, 6.07) is 19.4. The summed E-state index contributed by atoms with van der Waals surface area (Å²) in [5.41, 5.74) is 5.71. The van der Waals surface area contributed by atoms with E-state index in [9.17, 15) is 0 Å². The molecule has 1 aliphatic carbocycles. The number of quaternary nitrogens is 1. The highest BCUT2D eigenvalue weighted by molar-refractivity contribution is 5.43. The summed E-state index contributed by atoms with van der Waals surface area (Å²) in [7, 11) is 4.85. The van der Waals surface area contributed by atoms with Gasteiger partial charge in [0.05, 0.1) is 32.3 Å². The molecule has 2 aromatic carbocycles. The van der Waals surface area contributed by atoms with Crippen LogP contribution in [0.15, 0.2) is 48.5 Å². The van der Waals surface area contributed by atoms with Crippen LogP contribution in [0.5, 0.6) is 0 Å². The van der Waals surface area contributed by atoms with Crippen LogP contribution < -0.4 is 0 Å². The summed E-state index contributed by atoms with van der Waals surface area (Å²) in [5.74, 6) is 0. The number of piperidine rings is 1. The lowest BCUT2D eigenvalue weighted by molar-refractivity contribution is -0.931. The Morgan fingerprint density at radius 1 is 0.769 bits per heavy atom. The Kier molecular flexibility index (Phi) is 3.95. The average molecular weight is 349 g/mol. The second kappa shape index (κ2) is 6.21. The second-order valence-electron chi connectivity index (χ2n) is 9.02. The molecule has 2 nitrogen and oxygen atoms in total. The van der Waals surface area contributed by atoms with Crippen LogP contribution in [0.4, 0.5) is 0 Å². The summed E-state index contributed by atoms with van der Waals surface area (Å²) in [5, 5.41) is 0. The van der Waals surface area contributed by atoms with Gasteiger partial charge in [0.1, 0.15) is 6.10 Å². The molecule has 136 valence electrons. The Hall–Kier alpha value is -1.64. The van der Waals surface area contributed by atoms with Crippen molar-refractivity contribution in [3.05, 3.63) is 70.8 Å². The van der Waals surface area contributed by atoms with Gasteiger partial charge in [-0.3, -0.25) is 0 Å². The van der Waals surface area contributed by atoms with Crippen molar-refractivity contribution in [1.29, 1.82) is 0 Å². The number of hydrogen-bond donors (Lipinski definition) is 0. The van der Waals surface area contributed by atoms with E-state index in [1.165, 1.54) is 52.4 Å². The topological polar surface area (TPSA) is 9.23 Å². The first-order valence-corrected chi connectivity index (χ1v) is 10.3. The van der Waals surface area contributed by atoms with Gasteiger partial charge in [-0.25, -0.2) is 0 Å². The highest BCUT2D eigenvalue weighted by atomic mass is 16.5. The van der Waals surface area contributed by atoms with E-state index in [2.05, 4.69) is 62.6 Å². The Morgan fingerprint density at radius 3 is 1.81 bits per heavy atom. The van der Waals surface area contributed by atoms with E-state index < -0.39 is 0 Å². The van der Waals surface area contributed by atoms with Crippen LogP contribution in [0.2, 0.25) is 0 Å². The van der Waals surface area contributed by atoms with Crippen LogP contribution in [0, 0.1) is 0 Å². The van der Waals surface area contributed by atoms with Crippen LogP contribution in [-0.4, -0.2) is 36.8 Å². The molecule has 0 radical (unpaired) electrons. The normalized spacial score (nSPS) is 29.7. The third kappa shape index (κ3) is 2.62. The molecule has 3 aliphatic rings. The molecule has 3 atom stereocenters. The van der Waals surface area contributed by atoms with Gasteiger partial charge in [-0.05, 0) is 35.1 Å². The smallest absolute Gasteiger partial charge is 0.108 e. The fraction of sp³-hybridized carbons (Fsp3) is 0.500. The molecular formula is C24H30NO+. The lowest BCUT2D eigenvalue weighted by atomic mass is 9.94. The third-order valence-electron chi connectivity index (χ3n) is 7.45. The minimum atomic E-state index is 0.100. The molecule has 2 heterocycles. The van der Waals surface area contributed by atoms with Crippen LogP contribution in [-0.2, 0) is 17.6 Å². The van der Waals surface area contributed by atoms with Gasteiger partial charge >= 0.3 is 0 Å². The monoisotopic (exact) mass is 348 g/mol. The molecular weight excluding hydrogens is 318 g/mol. The van der Waals surface area contributed by atoms with Crippen LogP contribution in [0.3, 0.4) is 0 Å². The number of fused-ring (bicyclic) bond motifs is 4. The number of hydrogen-bond acceptors (Lipinski definition) is 1. The van der Waals surface area contributed by atoms with E-state index >= 15 is 0 Å². The van der Waals surface area contributed by atoms with Crippen molar-refractivity contribution in [2.24, 2.45) is 0 Å². The predicted octanol–water partition coefficient (Wildman–Crippen LogP) is 4.66. The molecule has 0 saturated carbocycles. The maximum Gasteiger partial charge on any atom is 0.108 e. The van der Waals surface area contributed by atoms with Crippen molar-refractivity contribution in [3.8, 4) is 0 Å². The molecule has 5 rings (SSSR count). The number of aryl methyl sites for hydroxylation is 2. The van der Waals surface area contributed by atoms with Gasteiger partial charge in [-0.1, -0.05) is 48.5 Å². The quantitative estimate of drug-likeness (QED) is 0.717. The lowest BCUT2D eigenvalue weighted by Gasteiger charge is -2.44. The molecule has 2 bridgehead atoms. The van der Waals surface area contributed by atoms with Gasteiger partial charge in [0.15, 0.2) is 0 Å². The van der Waals surface area contributed by atoms with Gasteiger partial charge in [0, 0.05) is 25.7 Å². The van der Waals surface area contributed by atoms with Crippen molar-refractivity contribution < 1.29 is 9.22 Å². The molecule has 2 aliphatic heterocycles. The van der Waals surface area contributed by atoms with Crippen molar-refractivity contribution in [2.75, 3.05) is 14.1 Å². The van der Waals surface area contributed by atoms with E-state index in [1.54, 1.807) is 0 Å². The second-order valence-corrected chi connectivity index (χ2v) is 9.02. The number of ether oxygens (including phenoxy) is 1. The van der Waals surface area contributed by atoms with E-state index in [4.69, 9.17) is 4.74 Å². The van der Waals surface area contributed by atoms with Crippen LogP contribution >= 0.6 is 0 Å². The summed E-state index contributed by atoms with van der Waals surface area (Å²) in [4.78, 5) is 0. The molecule has 0 N–H and O–H groups in total. The number of benzene rings is 2. The highest BCUT2D eigenvalue weighted by Gasteiger charge is 2.49. The van der Waals surface area contributed by atoms with Gasteiger partial charge in [-0.2, -0.15) is 0 Å². The lowest BCUT2D eigenvalue weighted by Crippen LogP contribution is -2.56. The zero-order valence-corrected chi connectivity index (χ0v) is 16.0. The molecule has 0 spiro atoms. The van der Waals surface area contributed by atoms with Gasteiger partial charge in [0.2, 0.25) is 0 Å². The van der Waals surface area contributed by atoms with Crippen molar-refractivity contribution >= 4 is 0 Å². The molecule has 0 unspecified atom stereocenters. The molecule has 2 fully saturated rings. The van der Waals surface area contributed by atoms with Crippen molar-refractivity contribution in [2.45, 2.75) is 62.8 Å². The SMILES string of the molecule is C[N+]1(C)[C@@H]2CC[C@H]1C[C@H](OC1c3ccccc3CCc3ccccc31)C2. The summed E-state index contributed by atoms with van der Waals surface area (Å²) < 4.78 is 8.14. The van der Waals surface area contributed by atoms with E-state index in [1.807, 2.05) is 0 Å². The molecule has 2 saturated heterocycles. The first-order chi connectivity index (χ1) is 12.6. The van der Waals surface area contributed by atoms with E-state index in [0.29, 0.717) is 6.10 Å². The fourth-order valence-electron chi connectivity index (χ4n) is 5.75. The minimum Gasteiger partial charge on any atom is -0.365 e. The fourth-order valence-corrected chi connectivity index (χ4v) is 5.75. The zero-order chi connectivity index (χ0) is 17.7. The van der Waals surface area contributed by atoms with E-state index in [-0.39, 0.29) is 6.10 Å². The van der Waals surface area contributed by atoms with Crippen LogP contribution in [0.1, 0.15) is 54.0 Å². The summed E-state index contributed by atoms with van der Waals surface area (Å²) >= 11 is 0. The Bertz CT molecular complexity index is 748. The third-order valence-corrected chi connectivity index (χ3v) is 7.45. The maximum absolute atomic E-state index is 6.93. The Labute approximate surface area is 157 Å². The highest BCUT2D eigenvalue weighted by Crippen LogP contribution is 2.43. The Morgan fingerprint density at radius 2 is 1.27 bits per heavy atom. The predicted molar refractivity (Wildman–Crippen MR) is 105 cm³/mol. The molecule has 0 aromatic heterocycles. The van der Waals surface area contributed by atoms with Gasteiger partial charge in [0.25, 0.3) is 0 Å². The van der Waals surface area contributed by atoms with Crippen molar-refractivity contribution in [3.63, 3.8) is 0 Å². The molecule has 26 heavy (non-hydrogen) atoms. The van der Waals surface area contributed by atoms with E-state index in [0.717, 1.165) is 24.9 Å². The van der Waals surface area contributed by atoms with Crippen molar-refractivity contribution in [1.82, 2.24) is 0 Å². The Balaban J connectivity index is 1.49. The summed E-state index contributed by atoms with van der Waals surface area (Å²) in [6.45, 7) is 0. The molecule has 2 heteroatoms. The standard InChI is InChI=1S/C24H30NO/c1-25(2)19-13-14-20(25)16-21(15-19)26-24-22-9-5-3-7-17(22)11-12-18-8-4-6-10-23(18)24/h3-10,19-21,24H,11-16H2,1-2H3/q+1/t19-,20+,21-. The zero-order valence-electron chi connectivity index (χ0n) is 16.0. The van der Waals surface area contributed by atoms with Gasteiger partial charge < -0.3 is 9.22 Å². The molecule has 2 aromatic rings. The number of rotatable bonds is 2. The van der Waals surface area contributed by atoms with Crippen LogP contribution in [0.25, 0.3) is 0 Å².